The van der Waals surface area contributed by atoms with Crippen LogP contribution in [-0.4, -0.2) is 70.6 Å². The van der Waals surface area contributed by atoms with E-state index in [4.69, 9.17) is 16.6 Å². The second-order valence-corrected chi connectivity index (χ2v) is 8.49. The van der Waals surface area contributed by atoms with Crippen molar-refractivity contribution in [2.45, 2.75) is 84.0 Å². The van der Waals surface area contributed by atoms with Gasteiger partial charge in [-0.15, -0.1) is 0 Å². The zero-order valence-corrected chi connectivity index (χ0v) is 19.8. The Balaban J connectivity index is 5.42. The van der Waals surface area contributed by atoms with E-state index < -0.39 is 60.2 Å². The Bertz CT molecular complexity index is 686. The third-order valence-electron chi connectivity index (χ3n) is 5.33. The van der Waals surface area contributed by atoms with Gasteiger partial charge in [0.05, 0.1) is 12.5 Å². The van der Waals surface area contributed by atoms with Gasteiger partial charge in [0.2, 0.25) is 17.7 Å². The van der Waals surface area contributed by atoms with Crippen LogP contribution in [0.1, 0.15) is 59.8 Å². The maximum atomic E-state index is 13.0. The monoisotopic (exact) mass is 473 g/mol. The number of carbonyl (C=O) groups is 5. The van der Waals surface area contributed by atoms with E-state index in [9.17, 15) is 29.1 Å². The van der Waals surface area contributed by atoms with Crippen molar-refractivity contribution in [2.24, 2.45) is 23.3 Å². The molecule has 0 aliphatic rings. The molecule has 0 aliphatic carbocycles. The van der Waals surface area contributed by atoms with Crippen molar-refractivity contribution in [2.75, 3.05) is 6.54 Å². The van der Waals surface area contributed by atoms with E-state index in [1.165, 1.54) is 0 Å². The van der Waals surface area contributed by atoms with Gasteiger partial charge in [0, 0.05) is 0 Å². The number of hydrogen-bond donors (Lipinski definition) is 7. The molecule has 0 aliphatic heterocycles. The maximum absolute atomic E-state index is 13.0. The fourth-order valence-corrected chi connectivity index (χ4v) is 3.03. The van der Waals surface area contributed by atoms with Gasteiger partial charge >= 0.3 is 11.9 Å². The van der Waals surface area contributed by atoms with Gasteiger partial charge in [-0.05, 0) is 37.6 Å². The van der Waals surface area contributed by atoms with Crippen LogP contribution in [-0.2, 0) is 24.0 Å². The van der Waals surface area contributed by atoms with Crippen molar-refractivity contribution >= 4 is 29.7 Å². The number of rotatable bonds is 16. The van der Waals surface area contributed by atoms with E-state index in [-0.39, 0.29) is 18.3 Å². The van der Waals surface area contributed by atoms with Gasteiger partial charge < -0.3 is 37.6 Å². The van der Waals surface area contributed by atoms with Gasteiger partial charge in [-0.1, -0.05) is 34.1 Å². The van der Waals surface area contributed by atoms with E-state index in [1.807, 2.05) is 0 Å². The van der Waals surface area contributed by atoms with Crippen LogP contribution in [0.25, 0.3) is 0 Å². The summed E-state index contributed by atoms with van der Waals surface area (Å²) in [4.78, 5) is 60.4. The fraction of sp³-hybridized carbons (Fsp3) is 0.762. The third-order valence-corrected chi connectivity index (χ3v) is 5.33. The molecule has 0 saturated heterocycles. The molecule has 0 saturated carbocycles. The molecule has 0 radical (unpaired) electrons. The Morgan fingerprint density at radius 3 is 1.85 bits per heavy atom. The molecular weight excluding hydrogens is 434 g/mol. The molecule has 190 valence electrons. The van der Waals surface area contributed by atoms with E-state index in [2.05, 4.69) is 16.0 Å². The van der Waals surface area contributed by atoms with Gasteiger partial charge in [-0.25, -0.2) is 4.79 Å². The summed E-state index contributed by atoms with van der Waals surface area (Å²) in [7, 11) is 0. The van der Waals surface area contributed by atoms with Crippen molar-refractivity contribution in [1.82, 2.24) is 16.0 Å². The molecule has 33 heavy (non-hydrogen) atoms. The highest BCUT2D eigenvalue weighted by atomic mass is 16.4. The Hall–Kier alpha value is -2.73. The average molecular weight is 474 g/mol. The summed E-state index contributed by atoms with van der Waals surface area (Å²) in [6.45, 7) is 7.31. The molecular formula is C21H39N5O7. The van der Waals surface area contributed by atoms with Crippen molar-refractivity contribution in [3.05, 3.63) is 0 Å². The average Bonchev–Trinajstić information content (AvgIpc) is 2.73. The SMILES string of the molecule is CCC(C)C(NC(=O)C(N)CC(=O)O)C(=O)NC(C(=O)NC(CCCCN)C(=O)O)C(C)C. The third kappa shape index (κ3) is 11.1. The fourth-order valence-electron chi connectivity index (χ4n) is 3.03. The molecule has 12 heteroatoms. The molecule has 0 heterocycles. The van der Waals surface area contributed by atoms with Crippen molar-refractivity contribution in [3.63, 3.8) is 0 Å². The molecule has 5 unspecified atom stereocenters. The highest BCUT2D eigenvalue weighted by Gasteiger charge is 2.33. The summed E-state index contributed by atoms with van der Waals surface area (Å²) in [6.07, 6.45) is 1.24. The number of unbranched alkanes of at least 4 members (excludes halogenated alkanes) is 1. The van der Waals surface area contributed by atoms with Crippen LogP contribution < -0.4 is 27.4 Å². The first-order valence-electron chi connectivity index (χ1n) is 11.2. The van der Waals surface area contributed by atoms with Gasteiger partial charge in [-0.2, -0.15) is 0 Å². The zero-order valence-electron chi connectivity index (χ0n) is 19.8. The molecule has 0 aromatic heterocycles. The highest BCUT2D eigenvalue weighted by Crippen LogP contribution is 2.11. The number of amides is 3. The minimum absolute atomic E-state index is 0.198. The second-order valence-electron chi connectivity index (χ2n) is 8.49. The predicted molar refractivity (Wildman–Crippen MR) is 121 cm³/mol. The summed E-state index contributed by atoms with van der Waals surface area (Å²) >= 11 is 0. The van der Waals surface area contributed by atoms with Crippen molar-refractivity contribution in [3.8, 4) is 0 Å². The number of nitrogens with one attached hydrogen (secondary N) is 3. The summed E-state index contributed by atoms with van der Waals surface area (Å²) in [6, 6.07) is -4.57. The second kappa shape index (κ2) is 15.2. The number of carbonyl (C=O) groups excluding carboxylic acids is 3. The van der Waals surface area contributed by atoms with Crippen molar-refractivity contribution < 1.29 is 34.2 Å². The molecule has 0 spiro atoms. The first kappa shape index (κ1) is 30.3. The molecule has 3 amide bonds. The summed E-state index contributed by atoms with van der Waals surface area (Å²) in [5.41, 5.74) is 11.0. The minimum Gasteiger partial charge on any atom is -0.481 e. The molecule has 5 atom stereocenters. The predicted octanol–water partition coefficient (Wildman–Crippen LogP) is -0.841. The topological polar surface area (TPSA) is 214 Å². The Morgan fingerprint density at radius 2 is 1.39 bits per heavy atom. The van der Waals surface area contributed by atoms with Crippen LogP contribution in [0.5, 0.6) is 0 Å². The Morgan fingerprint density at radius 1 is 0.848 bits per heavy atom. The van der Waals surface area contributed by atoms with Crippen LogP contribution in [0.2, 0.25) is 0 Å². The number of aliphatic carboxylic acids is 2. The van der Waals surface area contributed by atoms with Gasteiger partial charge in [0.25, 0.3) is 0 Å². The highest BCUT2D eigenvalue weighted by molar-refractivity contribution is 5.95. The van der Waals surface area contributed by atoms with Gasteiger partial charge in [0.1, 0.15) is 18.1 Å². The lowest BCUT2D eigenvalue weighted by Gasteiger charge is -2.29. The quantitative estimate of drug-likeness (QED) is 0.139. The molecule has 0 fully saturated rings. The number of nitrogens with two attached hydrogens (primary N) is 2. The lowest BCUT2D eigenvalue weighted by Crippen LogP contribution is -2.59. The van der Waals surface area contributed by atoms with E-state index >= 15 is 0 Å². The Labute approximate surface area is 194 Å². The zero-order chi connectivity index (χ0) is 25.7. The summed E-state index contributed by atoms with van der Waals surface area (Å²) < 4.78 is 0. The van der Waals surface area contributed by atoms with E-state index in [0.717, 1.165) is 0 Å². The molecule has 12 nitrogen and oxygen atoms in total. The van der Waals surface area contributed by atoms with Crippen LogP contribution in [0.4, 0.5) is 0 Å². The first-order chi connectivity index (χ1) is 15.3. The summed E-state index contributed by atoms with van der Waals surface area (Å²) in [5, 5.41) is 25.7. The minimum atomic E-state index is -1.34. The van der Waals surface area contributed by atoms with Crippen LogP contribution in [0.3, 0.4) is 0 Å². The Kier molecular flexibility index (Phi) is 13.9. The molecule has 0 bridgehead atoms. The molecule has 0 aromatic rings. The van der Waals surface area contributed by atoms with Gasteiger partial charge in [-0.3, -0.25) is 19.2 Å². The molecule has 0 rings (SSSR count). The maximum Gasteiger partial charge on any atom is 0.326 e. The normalized spacial score (nSPS) is 15.6. The smallest absolute Gasteiger partial charge is 0.326 e. The standard InChI is InChI=1S/C21H39N5O7/c1-5-12(4)17(26-18(29)13(23)10-15(27)28)20(31)25-16(11(2)3)19(30)24-14(21(32)33)8-6-7-9-22/h11-14,16-17H,5-10,22-23H2,1-4H3,(H,24,30)(H,25,31)(H,26,29)(H,27,28)(H,32,33). The molecule has 9 N–H and O–H groups in total. The lowest BCUT2D eigenvalue weighted by molar-refractivity contribution is -0.143. The largest absolute Gasteiger partial charge is 0.481 e. The van der Waals surface area contributed by atoms with Crippen LogP contribution in [0, 0.1) is 11.8 Å². The summed E-state index contributed by atoms with van der Waals surface area (Å²) in [5.74, 6) is -5.27. The lowest BCUT2D eigenvalue weighted by atomic mass is 9.96. The first-order valence-corrected chi connectivity index (χ1v) is 11.2. The van der Waals surface area contributed by atoms with E-state index in [1.54, 1.807) is 27.7 Å². The van der Waals surface area contributed by atoms with Crippen LogP contribution >= 0.6 is 0 Å². The van der Waals surface area contributed by atoms with Gasteiger partial charge in [0.15, 0.2) is 0 Å². The number of hydrogen-bond acceptors (Lipinski definition) is 7. The number of carboxylic acids is 2. The molecule has 0 aromatic carbocycles. The van der Waals surface area contributed by atoms with Crippen LogP contribution in [0.15, 0.2) is 0 Å². The van der Waals surface area contributed by atoms with Crippen molar-refractivity contribution in [1.29, 1.82) is 0 Å². The number of carboxylic acid groups (broad SMARTS) is 2. The van der Waals surface area contributed by atoms with E-state index in [0.29, 0.717) is 25.8 Å².